The van der Waals surface area contributed by atoms with E-state index in [0.717, 1.165) is 45.6 Å². The molecular weight excluding hydrogens is 284 g/mol. The number of Topliss-reactive ketones (excluding diaryl/α,β-unsaturated/α-hetero) is 1. The van der Waals surface area contributed by atoms with Crippen molar-refractivity contribution in [2.75, 3.05) is 0 Å². The Morgan fingerprint density at radius 3 is 2.90 bits per heavy atom. The topological polar surface area (TPSA) is 60.7 Å². The molecule has 0 unspecified atom stereocenters. The van der Waals surface area contributed by atoms with Crippen molar-refractivity contribution in [1.29, 1.82) is 0 Å². The molecule has 4 rings (SSSR count). The van der Waals surface area contributed by atoms with Crippen LogP contribution in [0.5, 0.6) is 0 Å². The summed E-state index contributed by atoms with van der Waals surface area (Å²) >= 11 is 1.31. The molecule has 5 nitrogen and oxygen atoms in total. The van der Waals surface area contributed by atoms with Crippen LogP contribution in [0.2, 0.25) is 0 Å². The highest BCUT2D eigenvalue weighted by molar-refractivity contribution is 7.08. The largest absolute Gasteiger partial charge is 0.294 e. The van der Waals surface area contributed by atoms with E-state index in [-0.39, 0.29) is 5.78 Å². The van der Waals surface area contributed by atoms with Gasteiger partial charge in [0, 0.05) is 25.1 Å². The zero-order chi connectivity index (χ0) is 14.6. The van der Waals surface area contributed by atoms with Crippen molar-refractivity contribution in [2.45, 2.75) is 25.7 Å². The molecular formula is C15H14N4OS. The maximum Gasteiger partial charge on any atom is 0.171 e. The molecule has 2 heterocycles. The van der Waals surface area contributed by atoms with Gasteiger partial charge in [0.15, 0.2) is 5.78 Å². The van der Waals surface area contributed by atoms with Crippen molar-refractivity contribution in [3.63, 3.8) is 0 Å². The summed E-state index contributed by atoms with van der Waals surface area (Å²) in [6.45, 7) is 1.62. The Morgan fingerprint density at radius 1 is 1.38 bits per heavy atom. The molecule has 1 aromatic carbocycles. The third kappa shape index (κ3) is 1.90. The summed E-state index contributed by atoms with van der Waals surface area (Å²) in [6.07, 6.45) is 2.28. The lowest BCUT2D eigenvalue weighted by molar-refractivity contribution is 0.102. The van der Waals surface area contributed by atoms with E-state index in [1.165, 1.54) is 11.5 Å². The third-order valence-corrected chi connectivity index (χ3v) is 4.89. The van der Waals surface area contributed by atoms with Crippen molar-refractivity contribution in [2.24, 2.45) is 7.05 Å². The first-order chi connectivity index (χ1) is 10.2. The highest BCUT2D eigenvalue weighted by Crippen LogP contribution is 2.47. The lowest BCUT2D eigenvalue weighted by atomic mass is 10.0. The molecule has 3 aromatic rings. The number of fused-ring (bicyclic) bond motifs is 1. The number of hydrogen-bond acceptors (Lipinski definition) is 5. The van der Waals surface area contributed by atoms with E-state index >= 15 is 0 Å². The number of benzene rings is 1. The quantitative estimate of drug-likeness (QED) is 0.697. The summed E-state index contributed by atoms with van der Waals surface area (Å²) in [7, 11) is 1.88. The molecule has 0 atom stereocenters. The molecule has 6 heteroatoms. The summed E-state index contributed by atoms with van der Waals surface area (Å²) in [4.78, 5) is 12.6. The molecule has 1 aliphatic carbocycles. The smallest absolute Gasteiger partial charge is 0.171 e. The maximum atomic E-state index is 11.8. The number of hydrogen-bond donors (Lipinski definition) is 0. The van der Waals surface area contributed by atoms with Crippen LogP contribution >= 0.6 is 11.5 Å². The Balaban J connectivity index is 1.99. The zero-order valence-corrected chi connectivity index (χ0v) is 12.6. The summed E-state index contributed by atoms with van der Waals surface area (Å²) in [5, 5.41) is 8.35. The highest BCUT2D eigenvalue weighted by atomic mass is 32.1. The second-order valence-electron chi connectivity index (χ2n) is 5.49. The van der Waals surface area contributed by atoms with Gasteiger partial charge in [-0.3, -0.25) is 4.79 Å². The van der Waals surface area contributed by atoms with E-state index in [9.17, 15) is 4.79 Å². The van der Waals surface area contributed by atoms with Crippen LogP contribution in [0.3, 0.4) is 0 Å². The van der Waals surface area contributed by atoms with E-state index < -0.39 is 0 Å². The SMILES string of the molecule is CC(=O)c1snc(-c2cccc3c2nnn3C)c1C1CC1. The molecule has 0 amide bonds. The molecule has 0 radical (unpaired) electrons. The van der Waals surface area contributed by atoms with Crippen LogP contribution in [-0.2, 0) is 7.05 Å². The minimum atomic E-state index is 0.104. The molecule has 106 valence electrons. The minimum absolute atomic E-state index is 0.104. The van der Waals surface area contributed by atoms with Crippen LogP contribution in [0, 0.1) is 0 Å². The Kier molecular flexibility index (Phi) is 2.68. The first-order valence-corrected chi connectivity index (χ1v) is 7.73. The average Bonchev–Trinajstić information content (AvgIpc) is 3.10. The predicted octanol–water partition coefficient (Wildman–Crippen LogP) is 3.17. The molecule has 1 saturated carbocycles. The monoisotopic (exact) mass is 298 g/mol. The molecule has 21 heavy (non-hydrogen) atoms. The van der Waals surface area contributed by atoms with Crippen LogP contribution in [0.1, 0.15) is 40.9 Å². The number of nitrogens with zero attached hydrogens (tertiary/aromatic N) is 4. The normalized spacial score (nSPS) is 14.8. The van der Waals surface area contributed by atoms with E-state index in [1.807, 2.05) is 25.2 Å². The van der Waals surface area contributed by atoms with Gasteiger partial charge in [-0.15, -0.1) is 5.10 Å². The van der Waals surface area contributed by atoms with Crippen molar-refractivity contribution in [3.8, 4) is 11.3 Å². The van der Waals surface area contributed by atoms with Crippen molar-refractivity contribution in [3.05, 3.63) is 28.6 Å². The highest BCUT2D eigenvalue weighted by Gasteiger charge is 2.33. The molecule has 0 spiro atoms. The Bertz CT molecular complexity index is 860. The van der Waals surface area contributed by atoms with Crippen molar-refractivity contribution >= 4 is 28.3 Å². The number of carbonyl (C=O) groups excluding carboxylic acids is 1. The fourth-order valence-electron chi connectivity index (χ4n) is 2.74. The van der Waals surface area contributed by atoms with Gasteiger partial charge in [-0.25, -0.2) is 4.68 Å². The van der Waals surface area contributed by atoms with Crippen LogP contribution in [0.15, 0.2) is 18.2 Å². The summed E-state index contributed by atoms with van der Waals surface area (Å²) in [5.41, 5.74) is 4.84. The summed E-state index contributed by atoms with van der Waals surface area (Å²) in [5.74, 6) is 0.580. The van der Waals surface area contributed by atoms with Crippen molar-refractivity contribution in [1.82, 2.24) is 19.4 Å². The number of rotatable bonds is 3. The molecule has 1 aliphatic rings. The standard InChI is InChI=1S/C15H14N4OS/c1-8(20)15-12(9-6-7-9)14(17-21-15)10-4-3-5-11-13(10)16-18-19(11)2/h3-5,9H,6-7H2,1-2H3. The van der Waals surface area contributed by atoms with Gasteiger partial charge in [-0.05, 0) is 36.4 Å². The molecule has 0 N–H and O–H groups in total. The first-order valence-electron chi connectivity index (χ1n) is 6.96. The second-order valence-corrected chi connectivity index (χ2v) is 6.26. The molecule has 1 fully saturated rings. The van der Waals surface area contributed by atoms with Crippen LogP contribution in [-0.4, -0.2) is 25.2 Å². The summed E-state index contributed by atoms with van der Waals surface area (Å²) < 4.78 is 6.33. The van der Waals surface area contributed by atoms with Gasteiger partial charge >= 0.3 is 0 Å². The number of ketones is 1. The van der Waals surface area contributed by atoms with E-state index in [2.05, 4.69) is 14.7 Å². The fraction of sp³-hybridized carbons (Fsp3) is 0.333. The lowest BCUT2D eigenvalue weighted by Gasteiger charge is -2.04. The van der Waals surface area contributed by atoms with Crippen molar-refractivity contribution < 1.29 is 4.79 Å². The van der Waals surface area contributed by atoms with E-state index in [0.29, 0.717) is 5.92 Å². The zero-order valence-electron chi connectivity index (χ0n) is 11.8. The fourth-order valence-corrected chi connectivity index (χ4v) is 3.61. The predicted molar refractivity (Wildman–Crippen MR) is 81.6 cm³/mol. The van der Waals surface area contributed by atoms with Crippen LogP contribution < -0.4 is 0 Å². The number of aryl methyl sites for hydroxylation is 1. The van der Waals surface area contributed by atoms with E-state index in [1.54, 1.807) is 11.6 Å². The maximum absolute atomic E-state index is 11.8. The van der Waals surface area contributed by atoms with Gasteiger partial charge in [-0.2, -0.15) is 4.37 Å². The number of carbonyl (C=O) groups is 1. The van der Waals surface area contributed by atoms with E-state index in [4.69, 9.17) is 0 Å². The van der Waals surface area contributed by atoms with Crippen LogP contribution in [0.4, 0.5) is 0 Å². The lowest BCUT2D eigenvalue weighted by Crippen LogP contribution is -1.95. The van der Waals surface area contributed by atoms with Crippen LogP contribution in [0.25, 0.3) is 22.3 Å². The Labute approximate surface area is 125 Å². The summed E-state index contributed by atoms with van der Waals surface area (Å²) in [6, 6.07) is 6.00. The minimum Gasteiger partial charge on any atom is -0.294 e. The molecule has 0 aliphatic heterocycles. The van der Waals surface area contributed by atoms with Gasteiger partial charge in [-0.1, -0.05) is 17.3 Å². The molecule has 0 saturated heterocycles. The molecule has 0 bridgehead atoms. The van der Waals surface area contributed by atoms with Gasteiger partial charge < -0.3 is 0 Å². The first kappa shape index (κ1) is 12.6. The van der Waals surface area contributed by atoms with Gasteiger partial charge in [0.1, 0.15) is 5.52 Å². The van der Waals surface area contributed by atoms with Gasteiger partial charge in [0.05, 0.1) is 16.1 Å². The third-order valence-electron chi connectivity index (χ3n) is 3.93. The molecule has 2 aromatic heterocycles. The number of aromatic nitrogens is 4. The Morgan fingerprint density at radius 2 is 2.19 bits per heavy atom. The second kappa shape index (κ2) is 4.46. The van der Waals surface area contributed by atoms with Gasteiger partial charge in [0.2, 0.25) is 0 Å². The average molecular weight is 298 g/mol. The Hall–Kier alpha value is -2.08. The van der Waals surface area contributed by atoms with Gasteiger partial charge in [0.25, 0.3) is 0 Å².